The Morgan fingerprint density at radius 3 is 2.88 bits per heavy atom. The van der Waals surface area contributed by atoms with Crippen LogP contribution in [0, 0.1) is 10.1 Å². The van der Waals surface area contributed by atoms with Crippen molar-refractivity contribution in [3.8, 4) is 5.88 Å². The smallest absolute Gasteiger partial charge is 0.372 e. The van der Waals surface area contributed by atoms with Crippen molar-refractivity contribution in [3.05, 3.63) is 52.3 Å². The van der Waals surface area contributed by atoms with Crippen LogP contribution in [0.5, 0.6) is 5.88 Å². The summed E-state index contributed by atoms with van der Waals surface area (Å²) in [5.41, 5.74) is 1.04. The fraction of sp³-hybridized carbons (Fsp3) is 0.412. The Morgan fingerprint density at radius 1 is 1.36 bits per heavy atom. The van der Waals surface area contributed by atoms with E-state index >= 15 is 0 Å². The normalized spacial score (nSPS) is 17.9. The molecule has 1 aliphatic rings. The third-order valence-corrected chi connectivity index (χ3v) is 4.26. The molecular formula is C17H21N5O3. The van der Waals surface area contributed by atoms with Crippen molar-refractivity contribution in [1.29, 1.82) is 0 Å². The second-order valence-electron chi connectivity index (χ2n) is 6.04. The summed E-state index contributed by atoms with van der Waals surface area (Å²) in [6.45, 7) is 2.69. The van der Waals surface area contributed by atoms with Crippen LogP contribution in [0.25, 0.3) is 0 Å². The molecule has 0 spiro atoms. The van der Waals surface area contributed by atoms with E-state index in [0.29, 0.717) is 0 Å². The lowest BCUT2D eigenvalue weighted by Crippen LogP contribution is -2.41. The number of ether oxygens (including phenoxy) is 1. The van der Waals surface area contributed by atoms with Gasteiger partial charge in [0.15, 0.2) is 0 Å². The maximum atomic E-state index is 11.3. The summed E-state index contributed by atoms with van der Waals surface area (Å²) < 4.78 is 4.99. The Morgan fingerprint density at radius 2 is 2.16 bits per heavy atom. The second kappa shape index (κ2) is 7.89. The highest BCUT2D eigenvalue weighted by atomic mass is 16.6. The van der Waals surface area contributed by atoms with E-state index < -0.39 is 4.92 Å². The first-order valence-electron chi connectivity index (χ1n) is 8.23. The standard InChI is InChI=1S/C17H21N5O3/c1-25-17-15(22(23)24)16(18-12-19-17)20-14-8-5-9-21(11-14)10-13-6-3-2-4-7-13/h2-4,6-7,12,14H,5,8-11H2,1H3,(H,18,19,20). The van der Waals surface area contributed by atoms with Crippen LogP contribution in [0.1, 0.15) is 18.4 Å². The average Bonchev–Trinajstić information content (AvgIpc) is 2.62. The number of nitro groups is 1. The van der Waals surface area contributed by atoms with Crippen molar-refractivity contribution in [2.24, 2.45) is 0 Å². The van der Waals surface area contributed by atoms with Gasteiger partial charge in [-0.05, 0) is 24.9 Å². The van der Waals surface area contributed by atoms with Crippen LogP contribution in [-0.2, 0) is 6.54 Å². The third-order valence-electron chi connectivity index (χ3n) is 4.26. The molecule has 25 heavy (non-hydrogen) atoms. The average molecular weight is 343 g/mol. The first-order chi connectivity index (χ1) is 12.2. The van der Waals surface area contributed by atoms with Crippen LogP contribution in [0.4, 0.5) is 11.5 Å². The SMILES string of the molecule is COc1ncnc(NC2CCCN(Cc3ccccc3)C2)c1[N+](=O)[O-]. The molecular weight excluding hydrogens is 322 g/mol. The maximum Gasteiger partial charge on any atom is 0.372 e. The van der Waals surface area contributed by atoms with Gasteiger partial charge < -0.3 is 10.1 Å². The zero-order valence-corrected chi connectivity index (χ0v) is 14.1. The van der Waals surface area contributed by atoms with Crippen LogP contribution in [0.3, 0.4) is 0 Å². The number of hydrogen-bond acceptors (Lipinski definition) is 7. The molecule has 8 heteroatoms. The van der Waals surface area contributed by atoms with Crippen molar-refractivity contribution in [2.45, 2.75) is 25.4 Å². The second-order valence-corrected chi connectivity index (χ2v) is 6.04. The van der Waals surface area contributed by atoms with Crippen molar-refractivity contribution in [2.75, 3.05) is 25.5 Å². The van der Waals surface area contributed by atoms with E-state index in [1.54, 1.807) is 0 Å². The number of anilines is 1. The first kappa shape index (κ1) is 17.1. The molecule has 1 unspecified atom stereocenters. The van der Waals surface area contributed by atoms with Crippen molar-refractivity contribution < 1.29 is 9.66 Å². The molecule has 1 aromatic carbocycles. The van der Waals surface area contributed by atoms with Gasteiger partial charge in [-0.25, -0.2) is 4.98 Å². The molecule has 2 heterocycles. The summed E-state index contributed by atoms with van der Waals surface area (Å²) in [5, 5.41) is 14.6. The van der Waals surface area contributed by atoms with E-state index in [4.69, 9.17) is 4.74 Å². The van der Waals surface area contributed by atoms with E-state index in [1.165, 1.54) is 19.0 Å². The minimum absolute atomic E-state index is 0.0283. The molecule has 1 aliphatic heterocycles. The number of benzene rings is 1. The van der Waals surface area contributed by atoms with Gasteiger partial charge in [0.2, 0.25) is 5.82 Å². The zero-order valence-electron chi connectivity index (χ0n) is 14.1. The summed E-state index contributed by atoms with van der Waals surface area (Å²) >= 11 is 0. The molecule has 1 fully saturated rings. The van der Waals surface area contributed by atoms with Crippen molar-refractivity contribution >= 4 is 11.5 Å². The topological polar surface area (TPSA) is 93.4 Å². The lowest BCUT2D eigenvalue weighted by molar-refractivity contribution is -0.385. The molecule has 0 saturated carbocycles. The third kappa shape index (κ3) is 4.21. The van der Waals surface area contributed by atoms with Gasteiger partial charge in [0.05, 0.1) is 12.0 Å². The summed E-state index contributed by atoms with van der Waals surface area (Å²) in [5.74, 6) is 0.183. The Balaban J connectivity index is 1.70. The summed E-state index contributed by atoms with van der Waals surface area (Å²) in [7, 11) is 1.36. The van der Waals surface area contributed by atoms with E-state index in [1.807, 2.05) is 18.2 Å². The Hall–Kier alpha value is -2.74. The van der Waals surface area contributed by atoms with Crippen LogP contribution >= 0.6 is 0 Å². The molecule has 132 valence electrons. The Labute approximate surface area is 146 Å². The van der Waals surface area contributed by atoms with E-state index in [2.05, 4.69) is 32.3 Å². The fourth-order valence-corrected chi connectivity index (χ4v) is 3.13. The molecule has 3 rings (SSSR count). The van der Waals surface area contributed by atoms with Crippen LogP contribution < -0.4 is 10.1 Å². The minimum Gasteiger partial charge on any atom is -0.476 e. The lowest BCUT2D eigenvalue weighted by atomic mass is 10.0. The molecule has 1 aromatic heterocycles. The number of hydrogen-bond donors (Lipinski definition) is 1. The van der Waals surface area contributed by atoms with Crippen molar-refractivity contribution in [3.63, 3.8) is 0 Å². The molecule has 2 aromatic rings. The van der Waals surface area contributed by atoms with Gasteiger partial charge in [-0.3, -0.25) is 15.0 Å². The number of aromatic nitrogens is 2. The van der Waals surface area contributed by atoms with Crippen molar-refractivity contribution in [1.82, 2.24) is 14.9 Å². The van der Waals surface area contributed by atoms with Crippen LogP contribution in [0.15, 0.2) is 36.7 Å². The molecule has 0 aliphatic carbocycles. The molecule has 8 nitrogen and oxygen atoms in total. The summed E-state index contributed by atoms with van der Waals surface area (Å²) in [6, 6.07) is 10.4. The van der Waals surface area contributed by atoms with Gasteiger partial charge in [-0.15, -0.1) is 0 Å². The highest BCUT2D eigenvalue weighted by molar-refractivity contribution is 5.61. The molecule has 1 saturated heterocycles. The van der Waals surface area contributed by atoms with E-state index in [9.17, 15) is 10.1 Å². The predicted octanol–water partition coefficient (Wildman–Crippen LogP) is 2.47. The number of methoxy groups -OCH3 is 1. The Kier molecular flexibility index (Phi) is 5.39. The number of rotatable bonds is 6. The molecule has 1 atom stereocenters. The Bertz CT molecular complexity index is 725. The number of piperidine rings is 1. The van der Waals surface area contributed by atoms with Gasteiger partial charge in [0.25, 0.3) is 5.88 Å². The van der Waals surface area contributed by atoms with Gasteiger partial charge in [-0.2, -0.15) is 4.98 Å². The van der Waals surface area contributed by atoms with Crippen LogP contribution in [-0.4, -0.2) is 46.0 Å². The highest BCUT2D eigenvalue weighted by Crippen LogP contribution is 2.31. The highest BCUT2D eigenvalue weighted by Gasteiger charge is 2.27. The monoisotopic (exact) mass is 343 g/mol. The number of nitrogens with zero attached hydrogens (tertiary/aromatic N) is 4. The minimum atomic E-state index is -0.508. The van der Waals surface area contributed by atoms with E-state index in [0.717, 1.165) is 32.5 Å². The molecule has 0 radical (unpaired) electrons. The van der Waals surface area contributed by atoms with Gasteiger partial charge in [0, 0.05) is 19.1 Å². The van der Waals surface area contributed by atoms with Gasteiger partial charge in [0.1, 0.15) is 6.33 Å². The van der Waals surface area contributed by atoms with E-state index in [-0.39, 0.29) is 23.4 Å². The van der Waals surface area contributed by atoms with Gasteiger partial charge >= 0.3 is 5.69 Å². The summed E-state index contributed by atoms with van der Waals surface area (Å²) in [4.78, 5) is 21.1. The number of likely N-dealkylation sites (tertiary alicyclic amines) is 1. The molecule has 0 amide bonds. The summed E-state index contributed by atoms with van der Waals surface area (Å²) in [6.07, 6.45) is 3.24. The molecule has 0 bridgehead atoms. The fourth-order valence-electron chi connectivity index (χ4n) is 3.13. The van der Waals surface area contributed by atoms with Crippen LogP contribution in [0.2, 0.25) is 0 Å². The molecule has 1 N–H and O–H groups in total. The number of nitrogens with one attached hydrogen (secondary N) is 1. The largest absolute Gasteiger partial charge is 0.476 e. The van der Waals surface area contributed by atoms with Gasteiger partial charge in [-0.1, -0.05) is 30.3 Å². The lowest BCUT2D eigenvalue weighted by Gasteiger charge is -2.33. The first-order valence-corrected chi connectivity index (χ1v) is 8.23. The predicted molar refractivity (Wildman–Crippen MR) is 93.6 cm³/mol. The maximum absolute atomic E-state index is 11.3. The quantitative estimate of drug-likeness (QED) is 0.636. The zero-order chi connectivity index (χ0) is 17.6.